The van der Waals surface area contributed by atoms with Gasteiger partial charge in [-0.15, -0.1) is 0 Å². The number of carboxylic acids is 1. The number of fused-ring (bicyclic) bond motifs is 6. The van der Waals surface area contributed by atoms with Crippen LogP contribution in [-0.4, -0.2) is 77.6 Å². The van der Waals surface area contributed by atoms with Crippen LogP contribution in [0.3, 0.4) is 0 Å². The number of likely N-dealkylation sites (N-methyl/N-ethyl adjacent to an activating group) is 1. The summed E-state index contributed by atoms with van der Waals surface area (Å²) in [5.74, 6) is -0.560. The van der Waals surface area contributed by atoms with Crippen molar-refractivity contribution in [2.45, 2.75) is 102 Å². The molecule has 4 aromatic carbocycles. The van der Waals surface area contributed by atoms with E-state index in [1.54, 1.807) is 6.07 Å². The number of aryl methyl sites for hydroxylation is 1. The fourth-order valence-corrected chi connectivity index (χ4v) is 10.8. The van der Waals surface area contributed by atoms with Crippen LogP contribution in [0, 0.1) is 6.92 Å². The smallest absolute Gasteiger partial charge is 0.303 e. The molecule has 3 heterocycles. The molecule has 3 aliphatic rings. The predicted octanol–water partition coefficient (Wildman–Crippen LogP) is 11.8. The third-order valence-electron chi connectivity index (χ3n) is 13.1. The van der Waals surface area contributed by atoms with E-state index in [4.69, 9.17) is 11.6 Å². The van der Waals surface area contributed by atoms with Crippen molar-refractivity contribution in [3.8, 4) is 0 Å². The molecule has 63 heavy (non-hydrogen) atoms. The average molecular weight is 892 g/mol. The van der Waals surface area contributed by atoms with Crippen LogP contribution in [0.5, 0.6) is 0 Å². The van der Waals surface area contributed by atoms with Crippen LogP contribution in [0.25, 0.3) is 21.5 Å². The normalized spacial score (nSPS) is 18.8. The summed E-state index contributed by atoms with van der Waals surface area (Å²) in [5.41, 5.74) is 9.39. The minimum absolute atomic E-state index is 0.134. The van der Waals surface area contributed by atoms with E-state index < -0.39 is 21.5 Å². The van der Waals surface area contributed by atoms with Crippen molar-refractivity contribution in [3.05, 3.63) is 136 Å². The fraction of sp³-hybridized carbons (Fsp3) is 0.385. The molecule has 0 unspecified atom stereocenters. The number of aliphatic carboxylic acids is 1. The molecular weight excluding hydrogens is 830 g/mol. The van der Waals surface area contributed by atoms with Crippen LogP contribution in [0.15, 0.2) is 124 Å². The maximum atomic E-state index is 12.1. The van der Waals surface area contributed by atoms with Gasteiger partial charge in [0.05, 0.1) is 16.1 Å². The molecule has 0 saturated heterocycles. The van der Waals surface area contributed by atoms with Crippen molar-refractivity contribution >= 4 is 66.3 Å². The summed E-state index contributed by atoms with van der Waals surface area (Å²) in [5, 5.41) is 23.8. The number of halogens is 1. The summed E-state index contributed by atoms with van der Waals surface area (Å²) in [6.45, 7) is 17.6. The van der Waals surface area contributed by atoms with Gasteiger partial charge in [0.25, 0.3) is 10.1 Å². The van der Waals surface area contributed by atoms with E-state index >= 15 is 0 Å². The number of aliphatic hydroxyl groups is 1. The molecule has 0 aromatic heterocycles. The van der Waals surface area contributed by atoms with Gasteiger partial charge < -0.3 is 15.1 Å². The molecule has 9 nitrogen and oxygen atoms in total. The van der Waals surface area contributed by atoms with Crippen molar-refractivity contribution in [2.24, 2.45) is 0 Å². The number of allylic oxidation sites excluding steroid dienone is 5. The Morgan fingerprint density at radius 1 is 0.825 bits per heavy atom. The second-order valence-electron chi connectivity index (χ2n) is 18.6. The van der Waals surface area contributed by atoms with E-state index in [1.165, 1.54) is 45.4 Å². The molecular formula is C52H61ClN3O6S+. The molecule has 3 N–H and O–H groups in total. The van der Waals surface area contributed by atoms with Crippen molar-refractivity contribution in [3.63, 3.8) is 0 Å². The summed E-state index contributed by atoms with van der Waals surface area (Å²) in [6, 6.07) is 19.9. The molecule has 0 atom stereocenters. The number of nitrogens with zero attached hydrogens (tertiary/aromatic N) is 3. The van der Waals surface area contributed by atoms with E-state index in [1.807, 2.05) is 12.1 Å². The molecule has 0 fully saturated rings. The van der Waals surface area contributed by atoms with E-state index in [0.29, 0.717) is 25.9 Å². The molecule has 0 amide bonds. The Balaban J connectivity index is 1.26. The Morgan fingerprint density at radius 3 is 2.24 bits per heavy atom. The molecule has 4 aromatic rings. The number of carbonyl (C=O) groups is 1. The monoisotopic (exact) mass is 890 g/mol. The van der Waals surface area contributed by atoms with E-state index in [0.717, 1.165) is 89.1 Å². The Hall–Kier alpha value is -5.00. The highest BCUT2D eigenvalue weighted by Crippen LogP contribution is 2.51. The Morgan fingerprint density at radius 2 is 1.51 bits per heavy atom. The molecule has 0 saturated carbocycles. The second kappa shape index (κ2) is 18.2. The van der Waals surface area contributed by atoms with Crippen molar-refractivity contribution < 1.29 is 32.6 Å². The standard InChI is InChI=1S/C52H60ClN3O6S/c1-34-16-22-41-36(30-34)17-24-43-48(41)51(3,4)45(56(43)29-13-9-11-15-47(58)59)26-19-38-32-54(7)33-39(50(38)53)20-27-46-52(5,6)49-42-23-21-40(63(60,61)62)31-37(42)18-25-44(49)55(46)28-12-8-10-14-35(2)57/h16-27,30-31H,2,8-15,28-29,32-33H2,1,3-7H3,(H2-,57,58,59,60,61,62)/p+1. The molecule has 7 rings (SSSR count). The number of unbranched alkanes of at least 4 members (excludes halogenated alkanes) is 4. The molecule has 3 aliphatic heterocycles. The zero-order valence-corrected chi connectivity index (χ0v) is 39.0. The lowest BCUT2D eigenvalue weighted by Crippen LogP contribution is -2.30. The molecule has 0 bridgehead atoms. The third kappa shape index (κ3) is 9.46. The number of carboxylic acid groups (broad SMARTS) is 1. The first-order chi connectivity index (χ1) is 29.8. The molecule has 0 spiro atoms. The maximum Gasteiger partial charge on any atom is 0.303 e. The summed E-state index contributed by atoms with van der Waals surface area (Å²) in [7, 11) is -2.26. The van der Waals surface area contributed by atoms with Gasteiger partial charge in [-0.2, -0.15) is 13.0 Å². The number of benzene rings is 4. The lowest BCUT2D eigenvalue weighted by molar-refractivity contribution is -0.438. The van der Waals surface area contributed by atoms with Gasteiger partial charge in [-0.25, -0.2) is 0 Å². The zero-order valence-electron chi connectivity index (χ0n) is 37.5. The SMILES string of the molecule is C=C(O)CCCCCN1/C(=C/C=C2\CN(C)CC(/C=C/C3=[N+](CCCCCC(=O)O)c4ccc5cc(C)ccc5c4C3(C)C)=C2Cl)C(C)(C)c2c1ccc1cc(S(=O)(=O)O)ccc21. The topological polar surface area (TPSA) is 121 Å². The van der Waals surface area contributed by atoms with Crippen molar-refractivity contribution in [2.75, 3.05) is 38.1 Å². The number of hydrogen-bond donors (Lipinski definition) is 3. The van der Waals surface area contributed by atoms with Crippen molar-refractivity contribution in [1.82, 2.24) is 4.90 Å². The van der Waals surface area contributed by atoms with E-state index in [2.05, 4.69) is 117 Å². The lowest BCUT2D eigenvalue weighted by atomic mass is 9.78. The van der Waals surface area contributed by atoms with Crippen LogP contribution in [-0.2, 0) is 25.7 Å². The van der Waals surface area contributed by atoms with Gasteiger partial charge in [-0.05, 0) is 128 Å². The third-order valence-corrected chi connectivity index (χ3v) is 14.4. The lowest BCUT2D eigenvalue weighted by Gasteiger charge is -2.28. The van der Waals surface area contributed by atoms with E-state index in [-0.39, 0.29) is 22.5 Å². The van der Waals surface area contributed by atoms with Crippen LogP contribution >= 0.6 is 11.6 Å². The van der Waals surface area contributed by atoms with Gasteiger partial charge in [0, 0.05) is 78.4 Å². The Kier molecular flexibility index (Phi) is 13.3. The van der Waals surface area contributed by atoms with Crippen LogP contribution < -0.4 is 4.90 Å². The first kappa shape index (κ1) is 46.0. The number of anilines is 1. The maximum absolute atomic E-state index is 12.1. The summed E-state index contributed by atoms with van der Waals surface area (Å²) in [4.78, 5) is 15.7. The van der Waals surface area contributed by atoms with Gasteiger partial charge >= 0.3 is 5.97 Å². The first-order valence-corrected chi connectivity index (χ1v) is 23.9. The molecule has 0 radical (unpaired) electrons. The average Bonchev–Trinajstić information content (AvgIpc) is 3.57. The Labute approximate surface area is 377 Å². The van der Waals surface area contributed by atoms with Gasteiger partial charge in [-0.3, -0.25) is 14.2 Å². The number of aliphatic hydroxyl groups excluding tert-OH is 1. The first-order valence-electron chi connectivity index (χ1n) is 22.1. The highest BCUT2D eigenvalue weighted by Gasteiger charge is 2.46. The van der Waals surface area contributed by atoms with Gasteiger partial charge in [0.2, 0.25) is 5.69 Å². The molecule has 0 aliphatic carbocycles. The molecule has 332 valence electrons. The number of hydrogen-bond acceptors (Lipinski definition) is 6. The predicted molar refractivity (Wildman–Crippen MR) is 258 cm³/mol. The Bertz CT molecular complexity index is 2780. The minimum Gasteiger partial charge on any atom is -0.513 e. The van der Waals surface area contributed by atoms with E-state index in [9.17, 15) is 28.0 Å². The summed E-state index contributed by atoms with van der Waals surface area (Å²) < 4.78 is 36.4. The van der Waals surface area contributed by atoms with Crippen LogP contribution in [0.4, 0.5) is 11.4 Å². The molecule has 11 heteroatoms. The summed E-state index contributed by atoms with van der Waals surface area (Å²) >= 11 is 7.41. The quantitative estimate of drug-likeness (QED) is 0.0440. The van der Waals surface area contributed by atoms with Crippen molar-refractivity contribution in [1.29, 1.82) is 0 Å². The van der Waals surface area contributed by atoms with Crippen LogP contribution in [0.2, 0.25) is 0 Å². The second-order valence-corrected chi connectivity index (χ2v) is 20.4. The largest absolute Gasteiger partial charge is 0.513 e. The minimum atomic E-state index is -4.37. The van der Waals surface area contributed by atoms with Gasteiger partial charge in [0.1, 0.15) is 6.54 Å². The number of rotatable bonds is 16. The van der Waals surface area contributed by atoms with Gasteiger partial charge in [-0.1, -0.05) is 80.4 Å². The van der Waals surface area contributed by atoms with Gasteiger partial charge in [0.15, 0.2) is 5.71 Å². The highest BCUT2D eigenvalue weighted by atomic mass is 35.5. The fourth-order valence-electron chi connectivity index (χ4n) is 10.0. The summed E-state index contributed by atoms with van der Waals surface area (Å²) in [6.07, 6.45) is 14.5. The highest BCUT2D eigenvalue weighted by molar-refractivity contribution is 7.85. The van der Waals surface area contributed by atoms with Crippen LogP contribution in [0.1, 0.15) is 95.8 Å². The zero-order chi connectivity index (χ0) is 45.4.